The first-order chi connectivity index (χ1) is 8.50. The molecule has 0 bridgehead atoms. The molecular formula is C9H10N4O5. The normalized spacial score (nSPS) is 9.56. The summed E-state index contributed by atoms with van der Waals surface area (Å²) in [6, 6.07) is 2.38. The quantitative estimate of drug-likeness (QED) is 0.384. The Morgan fingerprint density at radius 1 is 1.33 bits per heavy atom. The Morgan fingerprint density at radius 2 is 2.00 bits per heavy atom. The van der Waals surface area contributed by atoms with Crippen molar-refractivity contribution in [2.24, 2.45) is 0 Å². The third-order valence-electron chi connectivity index (χ3n) is 1.88. The summed E-state index contributed by atoms with van der Waals surface area (Å²) >= 11 is 0. The van der Waals surface area contributed by atoms with E-state index in [1.807, 2.05) is 0 Å². The SMILES string of the molecule is O=C(O)NCCNC(=O)c1ccc([N+](=O)[O-])cn1. The largest absolute Gasteiger partial charge is 0.465 e. The van der Waals surface area contributed by atoms with E-state index in [9.17, 15) is 19.7 Å². The van der Waals surface area contributed by atoms with Crippen LogP contribution in [-0.4, -0.2) is 40.1 Å². The van der Waals surface area contributed by atoms with Crippen molar-refractivity contribution in [3.05, 3.63) is 34.1 Å². The van der Waals surface area contributed by atoms with Gasteiger partial charge < -0.3 is 15.7 Å². The highest BCUT2D eigenvalue weighted by Gasteiger charge is 2.10. The number of hydrogen-bond acceptors (Lipinski definition) is 5. The van der Waals surface area contributed by atoms with E-state index in [4.69, 9.17) is 5.11 Å². The lowest BCUT2D eigenvalue weighted by atomic mass is 10.3. The van der Waals surface area contributed by atoms with Crippen molar-refractivity contribution in [1.82, 2.24) is 15.6 Å². The molecule has 0 spiro atoms. The van der Waals surface area contributed by atoms with E-state index in [1.54, 1.807) is 0 Å². The van der Waals surface area contributed by atoms with Crippen molar-refractivity contribution >= 4 is 17.7 Å². The van der Waals surface area contributed by atoms with Crippen LogP contribution in [0.4, 0.5) is 10.5 Å². The average molecular weight is 254 g/mol. The fraction of sp³-hybridized carbons (Fsp3) is 0.222. The minimum atomic E-state index is -1.18. The molecule has 3 N–H and O–H groups in total. The molecule has 0 atom stereocenters. The zero-order valence-electron chi connectivity index (χ0n) is 9.12. The summed E-state index contributed by atoms with van der Waals surface area (Å²) in [5.41, 5.74) is -0.185. The Hall–Kier alpha value is -2.71. The molecular weight excluding hydrogens is 244 g/mol. The number of carboxylic acid groups (broad SMARTS) is 1. The van der Waals surface area contributed by atoms with Crippen LogP contribution in [0.15, 0.2) is 18.3 Å². The number of aromatic nitrogens is 1. The maximum absolute atomic E-state index is 11.5. The Labute approximate surface area is 101 Å². The third-order valence-corrected chi connectivity index (χ3v) is 1.88. The van der Waals surface area contributed by atoms with Gasteiger partial charge >= 0.3 is 6.09 Å². The van der Waals surface area contributed by atoms with Crippen molar-refractivity contribution in [3.8, 4) is 0 Å². The summed E-state index contributed by atoms with van der Waals surface area (Å²) < 4.78 is 0. The number of carbonyl (C=O) groups excluding carboxylic acids is 1. The molecule has 0 saturated carbocycles. The molecule has 0 aliphatic carbocycles. The topological polar surface area (TPSA) is 134 Å². The molecule has 1 aromatic rings. The second kappa shape index (κ2) is 6.13. The Kier molecular flexibility index (Phi) is 4.55. The predicted octanol–water partition coefficient (Wildman–Crippen LogP) is -0.0128. The lowest BCUT2D eigenvalue weighted by Gasteiger charge is -2.04. The Morgan fingerprint density at radius 3 is 2.50 bits per heavy atom. The number of amides is 2. The van der Waals surface area contributed by atoms with E-state index in [2.05, 4.69) is 15.6 Å². The van der Waals surface area contributed by atoms with Crippen LogP contribution in [-0.2, 0) is 0 Å². The maximum Gasteiger partial charge on any atom is 0.404 e. The monoisotopic (exact) mass is 254 g/mol. The van der Waals surface area contributed by atoms with E-state index in [0.29, 0.717) is 0 Å². The van der Waals surface area contributed by atoms with Gasteiger partial charge in [-0.05, 0) is 6.07 Å². The number of nitro groups is 1. The third kappa shape index (κ3) is 4.04. The van der Waals surface area contributed by atoms with Gasteiger partial charge in [-0.15, -0.1) is 0 Å². The zero-order chi connectivity index (χ0) is 13.5. The Bertz CT molecular complexity index is 459. The summed E-state index contributed by atoms with van der Waals surface area (Å²) in [7, 11) is 0. The molecule has 0 saturated heterocycles. The molecule has 0 fully saturated rings. The van der Waals surface area contributed by atoms with Crippen LogP contribution < -0.4 is 10.6 Å². The maximum atomic E-state index is 11.5. The minimum absolute atomic E-state index is 0.0240. The molecule has 0 aromatic carbocycles. The molecule has 0 aliphatic heterocycles. The lowest BCUT2D eigenvalue weighted by molar-refractivity contribution is -0.385. The number of hydrogen-bond donors (Lipinski definition) is 3. The van der Waals surface area contributed by atoms with E-state index in [1.165, 1.54) is 6.07 Å². The highest BCUT2D eigenvalue weighted by atomic mass is 16.6. The number of nitrogens with one attached hydrogen (secondary N) is 2. The molecule has 1 aromatic heterocycles. The zero-order valence-corrected chi connectivity index (χ0v) is 9.12. The molecule has 18 heavy (non-hydrogen) atoms. The van der Waals surface area contributed by atoms with Gasteiger partial charge in [-0.25, -0.2) is 9.78 Å². The van der Waals surface area contributed by atoms with Gasteiger partial charge in [-0.3, -0.25) is 14.9 Å². The van der Waals surface area contributed by atoms with Crippen LogP contribution in [0.2, 0.25) is 0 Å². The highest BCUT2D eigenvalue weighted by Crippen LogP contribution is 2.08. The van der Waals surface area contributed by atoms with Gasteiger partial charge in [0.25, 0.3) is 11.6 Å². The molecule has 1 heterocycles. The van der Waals surface area contributed by atoms with Crippen molar-refractivity contribution < 1.29 is 19.6 Å². The second-order valence-corrected chi connectivity index (χ2v) is 3.15. The van der Waals surface area contributed by atoms with Gasteiger partial charge in [0.15, 0.2) is 0 Å². The van der Waals surface area contributed by atoms with Crippen LogP contribution in [0.3, 0.4) is 0 Å². The van der Waals surface area contributed by atoms with Gasteiger partial charge in [-0.1, -0.05) is 0 Å². The average Bonchev–Trinajstić information content (AvgIpc) is 2.34. The first kappa shape index (κ1) is 13.4. The predicted molar refractivity (Wildman–Crippen MR) is 59.3 cm³/mol. The van der Waals surface area contributed by atoms with Gasteiger partial charge in [-0.2, -0.15) is 0 Å². The molecule has 2 amide bonds. The standard InChI is InChI=1S/C9H10N4O5/c14-8(10-3-4-11-9(15)16)7-2-1-6(5-12-7)13(17)18/h1-2,5,11H,3-4H2,(H,10,14)(H,15,16). The van der Waals surface area contributed by atoms with Crippen LogP contribution in [0.1, 0.15) is 10.5 Å². The van der Waals surface area contributed by atoms with Gasteiger partial charge in [0.1, 0.15) is 11.9 Å². The molecule has 0 radical (unpaired) electrons. The van der Waals surface area contributed by atoms with Gasteiger partial charge in [0.2, 0.25) is 0 Å². The first-order valence-electron chi connectivity index (χ1n) is 4.86. The van der Waals surface area contributed by atoms with Gasteiger partial charge in [0, 0.05) is 19.2 Å². The summed E-state index contributed by atoms with van der Waals surface area (Å²) in [4.78, 5) is 34.9. The fourth-order valence-electron chi connectivity index (χ4n) is 1.06. The van der Waals surface area contributed by atoms with E-state index in [-0.39, 0.29) is 24.5 Å². The number of carbonyl (C=O) groups is 2. The number of nitrogens with zero attached hydrogens (tertiary/aromatic N) is 2. The minimum Gasteiger partial charge on any atom is -0.465 e. The van der Waals surface area contributed by atoms with Crippen LogP contribution in [0, 0.1) is 10.1 Å². The smallest absolute Gasteiger partial charge is 0.404 e. The van der Waals surface area contributed by atoms with Crippen molar-refractivity contribution in [2.45, 2.75) is 0 Å². The number of pyridine rings is 1. The van der Waals surface area contributed by atoms with Crippen molar-refractivity contribution in [2.75, 3.05) is 13.1 Å². The number of rotatable bonds is 5. The fourth-order valence-corrected chi connectivity index (χ4v) is 1.06. The van der Waals surface area contributed by atoms with Crippen molar-refractivity contribution in [3.63, 3.8) is 0 Å². The molecule has 0 aliphatic rings. The highest BCUT2D eigenvalue weighted by molar-refractivity contribution is 5.92. The van der Waals surface area contributed by atoms with Crippen LogP contribution in [0.5, 0.6) is 0 Å². The van der Waals surface area contributed by atoms with Gasteiger partial charge in [0.05, 0.1) is 4.92 Å². The molecule has 1 rings (SSSR count). The molecule has 96 valence electrons. The summed E-state index contributed by atoms with van der Waals surface area (Å²) in [5, 5.41) is 23.1. The van der Waals surface area contributed by atoms with Crippen LogP contribution in [0.25, 0.3) is 0 Å². The molecule has 9 heteroatoms. The summed E-state index contributed by atoms with van der Waals surface area (Å²) in [6.07, 6.45) is -0.206. The van der Waals surface area contributed by atoms with E-state index < -0.39 is 16.9 Å². The lowest BCUT2D eigenvalue weighted by Crippen LogP contribution is -2.34. The summed E-state index contributed by atoms with van der Waals surface area (Å²) in [5.74, 6) is -0.530. The van der Waals surface area contributed by atoms with E-state index in [0.717, 1.165) is 12.3 Å². The summed E-state index contributed by atoms with van der Waals surface area (Å²) in [6.45, 7) is 0.165. The molecule has 0 unspecified atom stereocenters. The van der Waals surface area contributed by atoms with E-state index >= 15 is 0 Å². The molecule has 9 nitrogen and oxygen atoms in total. The Balaban J connectivity index is 2.46. The van der Waals surface area contributed by atoms with Crippen LogP contribution >= 0.6 is 0 Å². The van der Waals surface area contributed by atoms with Crippen molar-refractivity contribution in [1.29, 1.82) is 0 Å². The first-order valence-corrected chi connectivity index (χ1v) is 4.86. The second-order valence-electron chi connectivity index (χ2n) is 3.15.